The van der Waals surface area contributed by atoms with E-state index in [4.69, 9.17) is 15.0 Å². The third-order valence-corrected chi connectivity index (χ3v) is 12.2. The van der Waals surface area contributed by atoms with Crippen LogP contribution in [0.2, 0.25) is 0 Å². The Kier molecular flexibility index (Phi) is 8.04. The average molecular weight is 747 g/mol. The molecule has 57 heavy (non-hydrogen) atoms. The molecule has 1 aliphatic rings. The molecule has 11 rings (SSSR count). The van der Waals surface area contributed by atoms with E-state index in [0.29, 0.717) is 5.84 Å². The zero-order chi connectivity index (χ0) is 37.7. The lowest BCUT2D eigenvalue weighted by atomic mass is 9.92. The van der Waals surface area contributed by atoms with Crippen molar-refractivity contribution in [2.24, 2.45) is 9.98 Å². The number of benzene rings is 8. The maximum atomic E-state index is 5.37. The first-order chi connectivity index (χ1) is 28.2. The fourth-order valence-electron chi connectivity index (χ4n) is 8.18. The maximum absolute atomic E-state index is 5.37. The topological polar surface area (TPSA) is 49.6 Å². The molecule has 2 aromatic heterocycles. The lowest BCUT2D eigenvalue weighted by Gasteiger charge is -2.24. The zero-order valence-electron chi connectivity index (χ0n) is 30.8. The van der Waals surface area contributed by atoms with Crippen LogP contribution in [0.1, 0.15) is 22.9 Å². The number of nitrogens with one attached hydrogen (secondary N) is 1. The number of thiophene rings is 1. The normalized spacial score (nSPS) is 14.1. The molecule has 10 aromatic rings. The van der Waals surface area contributed by atoms with Crippen molar-refractivity contribution in [3.05, 3.63) is 211 Å². The Morgan fingerprint density at radius 1 is 0.456 bits per heavy atom. The zero-order valence-corrected chi connectivity index (χ0v) is 31.6. The van der Waals surface area contributed by atoms with E-state index in [0.717, 1.165) is 50.1 Å². The molecule has 8 aromatic carbocycles. The molecule has 1 unspecified atom stereocenters. The van der Waals surface area contributed by atoms with Gasteiger partial charge in [-0.05, 0) is 39.9 Å². The van der Waals surface area contributed by atoms with Crippen molar-refractivity contribution in [1.29, 1.82) is 0 Å². The van der Waals surface area contributed by atoms with E-state index in [2.05, 4.69) is 187 Å². The minimum Gasteiger partial charge on any atom is -0.344 e. The molecule has 0 radical (unpaired) electrons. The molecule has 0 saturated heterocycles. The number of hydrogen-bond donors (Lipinski definition) is 1. The summed E-state index contributed by atoms with van der Waals surface area (Å²) >= 11 is 1.85. The predicted octanol–water partition coefficient (Wildman–Crippen LogP) is 13.3. The SMILES string of the molecule is c1ccc(-c2nc3cc(C4=NC(c5ccccc5)NC(c5ccc(-c6cccc7c6sc6ccccc67)cc5)=N4)ccc3c3c(-c4ccccc4)cccc23)cc1. The van der Waals surface area contributed by atoms with E-state index in [1.165, 1.54) is 47.8 Å². The molecular formula is C52H34N4S. The van der Waals surface area contributed by atoms with Gasteiger partial charge >= 0.3 is 0 Å². The van der Waals surface area contributed by atoms with Crippen LogP contribution in [-0.2, 0) is 0 Å². The molecule has 3 heterocycles. The molecule has 1 aliphatic heterocycles. The Balaban J connectivity index is 1.04. The number of aromatic nitrogens is 1. The van der Waals surface area contributed by atoms with Gasteiger partial charge in [0.25, 0.3) is 0 Å². The summed E-state index contributed by atoms with van der Waals surface area (Å²) < 4.78 is 2.61. The minimum absolute atomic E-state index is 0.314. The molecule has 0 aliphatic carbocycles. The number of nitrogens with zero attached hydrogens (tertiary/aromatic N) is 3. The van der Waals surface area contributed by atoms with Gasteiger partial charge in [-0.1, -0.05) is 182 Å². The highest BCUT2D eigenvalue weighted by Gasteiger charge is 2.23. The molecule has 0 spiro atoms. The van der Waals surface area contributed by atoms with Crippen LogP contribution in [0.3, 0.4) is 0 Å². The van der Waals surface area contributed by atoms with Gasteiger partial charge in [-0.3, -0.25) is 0 Å². The number of rotatable bonds is 6. The lowest BCUT2D eigenvalue weighted by molar-refractivity contribution is 0.674. The Morgan fingerprint density at radius 2 is 1.07 bits per heavy atom. The van der Waals surface area contributed by atoms with E-state index < -0.39 is 0 Å². The van der Waals surface area contributed by atoms with Crippen LogP contribution < -0.4 is 5.32 Å². The highest BCUT2D eigenvalue weighted by Crippen LogP contribution is 2.41. The Bertz CT molecular complexity index is 3190. The third-order valence-electron chi connectivity index (χ3n) is 10.9. The van der Waals surface area contributed by atoms with Gasteiger partial charge in [0.15, 0.2) is 5.84 Å². The monoisotopic (exact) mass is 746 g/mol. The van der Waals surface area contributed by atoms with Crippen LogP contribution in [0.4, 0.5) is 0 Å². The second-order valence-electron chi connectivity index (χ2n) is 14.4. The smallest absolute Gasteiger partial charge is 0.159 e. The van der Waals surface area contributed by atoms with Crippen LogP contribution in [0.15, 0.2) is 204 Å². The Labute approximate surface area is 334 Å². The van der Waals surface area contributed by atoms with E-state index in [-0.39, 0.29) is 6.17 Å². The van der Waals surface area contributed by atoms with Crippen molar-refractivity contribution >= 4 is 64.9 Å². The fourth-order valence-corrected chi connectivity index (χ4v) is 9.42. The quantitative estimate of drug-likeness (QED) is 0.172. The molecule has 0 amide bonds. The maximum Gasteiger partial charge on any atom is 0.159 e. The van der Waals surface area contributed by atoms with Crippen molar-refractivity contribution < 1.29 is 0 Å². The summed E-state index contributed by atoms with van der Waals surface area (Å²) in [5.41, 5.74) is 10.7. The van der Waals surface area contributed by atoms with Crippen molar-refractivity contribution in [3.8, 4) is 33.5 Å². The molecular weight excluding hydrogens is 713 g/mol. The summed E-state index contributed by atoms with van der Waals surface area (Å²) in [7, 11) is 0. The first-order valence-electron chi connectivity index (χ1n) is 19.2. The molecule has 1 N–H and O–H groups in total. The molecule has 1 atom stereocenters. The van der Waals surface area contributed by atoms with Gasteiger partial charge < -0.3 is 5.32 Å². The molecule has 0 saturated carbocycles. The standard InChI is InChI=1S/C52H34N4S/c1-4-14-33(15-5-1)39-21-12-24-44-47(39)43-31-30-38(32-45(43)53-48(44)35-16-6-2-7-17-35)52-55-50(36-18-8-3-9-19-36)54-51(56-52)37-28-26-34(27-29-37)40-22-13-23-42-41-20-10-11-25-46(41)57-49(40)42/h1-32,50H,(H,54,55,56). The molecule has 0 fully saturated rings. The summed E-state index contributed by atoms with van der Waals surface area (Å²) in [6, 6.07) is 68.6. The van der Waals surface area contributed by atoms with Gasteiger partial charge in [0, 0.05) is 53.0 Å². The van der Waals surface area contributed by atoms with Gasteiger partial charge in [0.1, 0.15) is 12.0 Å². The number of fused-ring (bicyclic) bond motifs is 6. The van der Waals surface area contributed by atoms with Crippen LogP contribution in [-0.4, -0.2) is 16.7 Å². The number of hydrogen-bond acceptors (Lipinski definition) is 5. The van der Waals surface area contributed by atoms with E-state index in [1.807, 2.05) is 23.5 Å². The largest absolute Gasteiger partial charge is 0.344 e. The summed E-state index contributed by atoms with van der Waals surface area (Å²) in [5, 5.41) is 9.66. The summed E-state index contributed by atoms with van der Waals surface area (Å²) in [5.74, 6) is 1.45. The summed E-state index contributed by atoms with van der Waals surface area (Å²) in [4.78, 5) is 15.8. The number of aliphatic imine (C=N–C) groups is 2. The number of amidine groups is 2. The Morgan fingerprint density at radius 3 is 1.86 bits per heavy atom. The lowest BCUT2D eigenvalue weighted by Crippen LogP contribution is -2.33. The third kappa shape index (κ3) is 5.88. The molecule has 0 bridgehead atoms. The van der Waals surface area contributed by atoms with Crippen molar-refractivity contribution in [2.75, 3.05) is 0 Å². The van der Waals surface area contributed by atoms with Gasteiger partial charge in [0.05, 0.1) is 11.2 Å². The second kappa shape index (κ2) is 13.8. The van der Waals surface area contributed by atoms with Crippen molar-refractivity contribution in [1.82, 2.24) is 10.3 Å². The highest BCUT2D eigenvalue weighted by molar-refractivity contribution is 7.26. The number of pyridine rings is 1. The first kappa shape index (κ1) is 33.2. The van der Waals surface area contributed by atoms with Gasteiger partial charge in [-0.25, -0.2) is 15.0 Å². The van der Waals surface area contributed by atoms with Crippen LogP contribution in [0.5, 0.6) is 0 Å². The molecule has 5 heteroatoms. The fraction of sp³-hybridized carbons (Fsp3) is 0.0192. The molecule has 4 nitrogen and oxygen atoms in total. The van der Waals surface area contributed by atoms with E-state index in [1.54, 1.807) is 0 Å². The van der Waals surface area contributed by atoms with Crippen LogP contribution in [0, 0.1) is 0 Å². The highest BCUT2D eigenvalue weighted by atomic mass is 32.1. The summed E-state index contributed by atoms with van der Waals surface area (Å²) in [6.45, 7) is 0. The average Bonchev–Trinajstić information content (AvgIpc) is 3.68. The van der Waals surface area contributed by atoms with Crippen LogP contribution in [0.25, 0.3) is 75.4 Å². The van der Waals surface area contributed by atoms with Gasteiger partial charge in [0.2, 0.25) is 0 Å². The first-order valence-corrected chi connectivity index (χ1v) is 20.0. The van der Waals surface area contributed by atoms with Crippen LogP contribution >= 0.6 is 11.3 Å². The van der Waals surface area contributed by atoms with E-state index >= 15 is 0 Å². The second-order valence-corrected chi connectivity index (χ2v) is 15.4. The van der Waals surface area contributed by atoms with E-state index in [9.17, 15) is 0 Å². The Hall–Kier alpha value is -7.21. The van der Waals surface area contributed by atoms with Crippen molar-refractivity contribution in [2.45, 2.75) is 6.17 Å². The minimum atomic E-state index is -0.314. The van der Waals surface area contributed by atoms with Gasteiger partial charge in [-0.15, -0.1) is 11.3 Å². The predicted molar refractivity (Wildman–Crippen MR) is 240 cm³/mol. The molecule has 268 valence electrons. The van der Waals surface area contributed by atoms with Gasteiger partial charge in [-0.2, -0.15) is 0 Å². The summed E-state index contributed by atoms with van der Waals surface area (Å²) in [6.07, 6.45) is -0.314. The van der Waals surface area contributed by atoms with Crippen molar-refractivity contribution in [3.63, 3.8) is 0 Å².